The number of nitrogens with one attached hydrogen (secondary N) is 1. The Morgan fingerprint density at radius 3 is 2.95 bits per heavy atom. The van der Waals surface area contributed by atoms with Crippen molar-refractivity contribution in [1.29, 1.82) is 0 Å². The largest absolute Gasteiger partial charge is 0.383 e. The van der Waals surface area contributed by atoms with Gasteiger partial charge in [0.05, 0.1) is 0 Å². The maximum atomic E-state index is 6.07. The summed E-state index contributed by atoms with van der Waals surface area (Å²) in [6.07, 6.45) is 8.46. The van der Waals surface area contributed by atoms with Crippen LogP contribution in [-0.4, -0.2) is 11.5 Å². The van der Waals surface area contributed by atoms with Gasteiger partial charge in [0, 0.05) is 17.8 Å². The smallest absolute Gasteiger partial charge is 0.128 e. The zero-order chi connectivity index (χ0) is 13.7. The van der Waals surface area contributed by atoms with Gasteiger partial charge in [-0.15, -0.1) is 0 Å². The lowest BCUT2D eigenvalue weighted by molar-refractivity contribution is 0.211. The Labute approximate surface area is 117 Å². The van der Waals surface area contributed by atoms with Crippen molar-refractivity contribution >= 4 is 5.82 Å². The molecule has 1 aromatic rings. The number of anilines is 1. The molecule has 3 atom stereocenters. The Balaban J connectivity index is 2.17. The molecule has 3 N–H and O–H groups in total. The molecule has 1 fully saturated rings. The second kappa shape index (κ2) is 6.90. The molecule has 0 amide bonds. The zero-order valence-electron chi connectivity index (χ0n) is 12.2. The molecule has 0 bridgehead atoms. The van der Waals surface area contributed by atoms with Gasteiger partial charge < -0.3 is 11.1 Å². The van der Waals surface area contributed by atoms with Crippen LogP contribution in [0.25, 0.3) is 0 Å². The van der Waals surface area contributed by atoms with E-state index in [-0.39, 0.29) is 0 Å². The van der Waals surface area contributed by atoms with E-state index >= 15 is 0 Å². The number of hydrogen-bond acceptors (Lipinski definition) is 3. The summed E-state index contributed by atoms with van der Waals surface area (Å²) in [5, 5.41) is 3.63. The Morgan fingerprint density at radius 1 is 1.42 bits per heavy atom. The lowest BCUT2D eigenvalue weighted by atomic mass is 9.75. The molecular weight excluding hydrogens is 234 g/mol. The van der Waals surface area contributed by atoms with Crippen molar-refractivity contribution in [2.45, 2.75) is 52.0 Å². The molecule has 0 radical (unpaired) electrons. The highest BCUT2D eigenvalue weighted by Gasteiger charge is 2.29. The minimum atomic E-state index is 0.369. The fourth-order valence-corrected chi connectivity index (χ4v) is 3.45. The third-order valence-electron chi connectivity index (χ3n) is 4.50. The molecule has 2 rings (SSSR count). The van der Waals surface area contributed by atoms with Crippen molar-refractivity contribution in [2.24, 2.45) is 11.8 Å². The number of pyridine rings is 1. The number of nitrogens with zero attached hydrogens (tertiary/aromatic N) is 1. The summed E-state index contributed by atoms with van der Waals surface area (Å²) >= 11 is 0. The van der Waals surface area contributed by atoms with Gasteiger partial charge >= 0.3 is 0 Å². The summed E-state index contributed by atoms with van der Waals surface area (Å²) in [4.78, 5) is 4.25. The monoisotopic (exact) mass is 261 g/mol. The van der Waals surface area contributed by atoms with Crippen molar-refractivity contribution in [3.05, 3.63) is 23.9 Å². The third-order valence-corrected chi connectivity index (χ3v) is 4.50. The molecule has 0 spiro atoms. The van der Waals surface area contributed by atoms with Crippen LogP contribution < -0.4 is 11.1 Å². The standard InChI is InChI=1S/C16H27N3/c1-3-12-7-5-8-13(11-12)15(18-4-2)14-9-6-10-19-16(14)17/h6,9-10,12-13,15,18H,3-5,7-8,11H2,1-2H3,(H2,17,19). The molecule has 1 saturated carbocycles. The SMILES string of the molecule is CCNC(c1cccnc1N)C1CCCC(CC)C1. The van der Waals surface area contributed by atoms with E-state index in [0.29, 0.717) is 17.8 Å². The Bertz CT molecular complexity index is 391. The van der Waals surface area contributed by atoms with E-state index < -0.39 is 0 Å². The van der Waals surface area contributed by atoms with E-state index in [2.05, 4.69) is 30.2 Å². The van der Waals surface area contributed by atoms with Crippen LogP contribution in [0.2, 0.25) is 0 Å². The lowest BCUT2D eigenvalue weighted by Crippen LogP contribution is -2.32. The summed E-state index contributed by atoms with van der Waals surface area (Å²) < 4.78 is 0. The molecule has 1 aliphatic rings. The summed E-state index contributed by atoms with van der Waals surface area (Å²) in [7, 11) is 0. The molecular formula is C16H27N3. The quantitative estimate of drug-likeness (QED) is 0.852. The van der Waals surface area contributed by atoms with Gasteiger partial charge in [0.25, 0.3) is 0 Å². The van der Waals surface area contributed by atoms with E-state index in [1.807, 2.05) is 6.07 Å². The molecule has 1 heterocycles. The van der Waals surface area contributed by atoms with Crippen molar-refractivity contribution in [2.75, 3.05) is 12.3 Å². The first-order chi connectivity index (χ1) is 9.26. The molecule has 1 aromatic heterocycles. The molecule has 0 aliphatic heterocycles. The van der Waals surface area contributed by atoms with Gasteiger partial charge in [-0.2, -0.15) is 0 Å². The minimum absolute atomic E-state index is 0.369. The van der Waals surface area contributed by atoms with Crippen molar-refractivity contribution in [3.63, 3.8) is 0 Å². The van der Waals surface area contributed by atoms with E-state index in [1.165, 1.54) is 37.7 Å². The Kier molecular flexibility index (Phi) is 5.20. The number of aromatic nitrogens is 1. The topological polar surface area (TPSA) is 50.9 Å². The Hall–Kier alpha value is -1.09. The van der Waals surface area contributed by atoms with Crippen molar-refractivity contribution in [1.82, 2.24) is 10.3 Å². The average molecular weight is 261 g/mol. The second-order valence-corrected chi connectivity index (χ2v) is 5.71. The summed E-state index contributed by atoms with van der Waals surface area (Å²) in [5.74, 6) is 2.27. The summed E-state index contributed by atoms with van der Waals surface area (Å²) in [6, 6.07) is 4.49. The number of nitrogens with two attached hydrogens (primary N) is 1. The van der Waals surface area contributed by atoms with Gasteiger partial charge in [-0.3, -0.25) is 0 Å². The van der Waals surface area contributed by atoms with Crippen LogP contribution in [0.15, 0.2) is 18.3 Å². The number of rotatable bonds is 5. The van der Waals surface area contributed by atoms with Crippen LogP contribution in [0.4, 0.5) is 5.82 Å². The third kappa shape index (κ3) is 3.47. The predicted octanol–water partition coefficient (Wildman–Crippen LogP) is 3.53. The fourth-order valence-electron chi connectivity index (χ4n) is 3.45. The molecule has 0 saturated heterocycles. The highest BCUT2D eigenvalue weighted by Crippen LogP contribution is 2.39. The van der Waals surface area contributed by atoms with Gasteiger partial charge in [0.2, 0.25) is 0 Å². The first kappa shape index (κ1) is 14.3. The Morgan fingerprint density at radius 2 is 2.26 bits per heavy atom. The molecule has 19 heavy (non-hydrogen) atoms. The van der Waals surface area contributed by atoms with Crippen molar-refractivity contribution < 1.29 is 0 Å². The first-order valence-electron chi connectivity index (χ1n) is 7.70. The molecule has 3 unspecified atom stereocenters. The van der Waals surface area contributed by atoms with Gasteiger partial charge in [-0.25, -0.2) is 4.98 Å². The summed E-state index contributed by atoms with van der Waals surface area (Å²) in [5.41, 5.74) is 7.26. The highest BCUT2D eigenvalue weighted by atomic mass is 14.9. The summed E-state index contributed by atoms with van der Waals surface area (Å²) in [6.45, 7) is 5.46. The van der Waals surface area contributed by atoms with E-state index in [9.17, 15) is 0 Å². The van der Waals surface area contributed by atoms with E-state index in [4.69, 9.17) is 5.73 Å². The predicted molar refractivity (Wildman–Crippen MR) is 80.8 cm³/mol. The lowest BCUT2D eigenvalue weighted by Gasteiger charge is -2.35. The number of hydrogen-bond donors (Lipinski definition) is 2. The molecule has 3 nitrogen and oxygen atoms in total. The van der Waals surface area contributed by atoms with Gasteiger partial charge in [-0.05, 0) is 37.3 Å². The maximum absolute atomic E-state index is 6.07. The molecule has 0 aromatic carbocycles. The molecule has 1 aliphatic carbocycles. The highest BCUT2D eigenvalue weighted by molar-refractivity contribution is 5.41. The van der Waals surface area contributed by atoms with E-state index in [1.54, 1.807) is 6.20 Å². The van der Waals surface area contributed by atoms with Crippen LogP contribution in [0.1, 0.15) is 57.6 Å². The van der Waals surface area contributed by atoms with Crippen LogP contribution in [0.3, 0.4) is 0 Å². The second-order valence-electron chi connectivity index (χ2n) is 5.71. The van der Waals surface area contributed by atoms with Gasteiger partial charge in [-0.1, -0.05) is 39.2 Å². The average Bonchev–Trinajstić information content (AvgIpc) is 2.46. The van der Waals surface area contributed by atoms with Crippen LogP contribution >= 0.6 is 0 Å². The van der Waals surface area contributed by atoms with Crippen LogP contribution in [0.5, 0.6) is 0 Å². The molecule has 106 valence electrons. The first-order valence-corrected chi connectivity index (χ1v) is 7.70. The van der Waals surface area contributed by atoms with Crippen LogP contribution in [-0.2, 0) is 0 Å². The van der Waals surface area contributed by atoms with Crippen molar-refractivity contribution in [3.8, 4) is 0 Å². The minimum Gasteiger partial charge on any atom is -0.383 e. The maximum Gasteiger partial charge on any atom is 0.128 e. The number of nitrogen functional groups attached to an aromatic ring is 1. The van der Waals surface area contributed by atoms with Gasteiger partial charge in [0.15, 0.2) is 0 Å². The van der Waals surface area contributed by atoms with Crippen LogP contribution in [0, 0.1) is 11.8 Å². The normalized spacial score (nSPS) is 25.2. The molecule has 3 heteroatoms. The van der Waals surface area contributed by atoms with Gasteiger partial charge in [0.1, 0.15) is 5.82 Å². The van der Waals surface area contributed by atoms with E-state index in [0.717, 1.165) is 12.5 Å². The fraction of sp³-hybridized carbons (Fsp3) is 0.688. The zero-order valence-corrected chi connectivity index (χ0v) is 12.2.